The number of non-ortho nitro benzene ring substituents is 1. The summed E-state index contributed by atoms with van der Waals surface area (Å²) in [5, 5.41) is 11.4. The molecule has 0 aromatic heterocycles. The standard InChI is InChI=1S/C28H21N3O3/c32-28(21-12-5-2-6-13-21)30-26-17-8-7-16-24(26)29-25(19-27(30)20-10-3-1-4-11-20)22-14-9-15-23(18-22)31(33)34/h1-18,27H,19H2/t27-/m1/s1. The van der Waals surface area contributed by atoms with Gasteiger partial charge in [-0.2, -0.15) is 0 Å². The fourth-order valence-corrected chi connectivity index (χ4v) is 4.29. The molecule has 4 aromatic carbocycles. The molecule has 1 amide bonds. The SMILES string of the molecule is O=C(c1ccccc1)N1c2ccccc2N=C(c2cccc([N+](=O)[O-])c2)C[C@@H]1c1ccccc1. The number of amides is 1. The summed E-state index contributed by atoms with van der Waals surface area (Å²) in [6, 6.07) is 32.7. The van der Waals surface area contributed by atoms with Crippen LogP contribution < -0.4 is 4.90 Å². The number of para-hydroxylation sites is 2. The lowest BCUT2D eigenvalue weighted by Gasteiger charge is -2.31. The van der Waals surface area contributed by atoms with Crippen LogP contribution >= 0.6 is 0 Å². The quantitative estimate of drug-likeness (QED) is 0.264. The van der Waals surface area contributed by atoms with Gasteiger partial charge in [0.2, 0.25) is 0 Å². The zero-order valence-corrected chi connectivity index (χ0v) is 18.2. The second-order valence-electron chi connectivity index (χ2n) is 8.03. The van der Waals surface area contributed by atoms with Crippen molar-refractivity contribution in [2.24, 2.45) is 4.99 Å². The van der Waals surface area contributed by atoms with Crippen LogP contribution in [0.4, 0.5) is 17.1 Å². The van der Waals surface area contributed by atoms with Crippen molar-refractivity contribution in [1.29, 1.82) is 0 Å². The summed E-state index contributed by atoms with van der Waals surface area (Å²) in [6.45, 7) is 0. The highest BCUT2D eigenvalue weighted by Gasteiger charge is 2.33. The van der Waals surface area contributed by atoms with Crippen LogP contribution in [0, 0.1) is 10.1 Å². The van der Waals surface area contributed by atoms with E-state index in [9.17, 15) is 14.9 Å². The summed E-state index contributed by atoms with van der Waals surface area (Å²) < 4.78 is 0. The first kappa shape index (κ1) is 21.3. The molecule has 166 valence electrons. The number of benzene rings is 4. The van der Waals surface area contributed by atoms with Gasteiger partial charge in [0, 0.05) is 29.7 Å². The number of anilines is 1. The normalized spacial score (nSPS) is 15.1. The van der Waals surface area contributed by atoms with Crippen LogP contribution in [0.1, 0.15) is 33.9 Å². The second-order valence-corrected chi connectivity index (χ2v) is 8.03. The van der Waals surface area contributed by atoms with Gasteiger partial charge in [0.15, 0.2) is 0 Å². The molecule has 4 aromatic rings. The van der Waals surface area contributed by atoms with E-state index in [-0.39, 0.29) is 17.6 Å². The molecule has 6 nitrogen and oxygen atoms in total. The predicted molar refractivity (Wildman–Crippen MR) is 133 cm³/mol. The van der Waals surface area contributed by atoms with E-state index in [4.69, 9.17) is 4.99 Å². The number of nitro groups is 1. The molecule has 0 radical (unpaired) electrons. The molecule has 5 rings (SSSR count). The Labute approximate surface area is 197 Å². The molecule has 0 spiro atoms. The third-order valence-electron chi connectivity index (χ3n) is 5.91. The summed E-state index contributed by atoms with van der Waals surface area (Å²) in [5.41, 5.74) is 4.24. The Hall–Kier alpha value is -4.58. The van der Waals surface area contributed by atoms with E-state index in [1.165, 1.54) is 12.1 Å². The van der Waals surface area contributed by atoms with E-state index in [0.717, 1.165) is 5.56 Å². The first-order valence-corrected chi connectivity index (χ1v) is 11.0. The third kappa shape index (κ3) is 4.09. The Morgan fingerprint density at radius 2 is 1.53 bits per heavy atom. The highest BCUT2D eigenvalue weighted by Crippen LogP contribution is 2.41. The number of nitro benzene ring substituents is 1. The highest BCUT2D eigenvalue weighted by molar-refractivity contribution is 6.11. The Morgan fingerprint density at radius 3 is 2.26 bits per heavy atom. The topological polar surface area (TPSA) is 75.8 Å². The molecule has 0 unspecified atom stereocenters. The van der Waals surface area contributed by atoms with Gasteiger partial charge in [0.25, 0.3) is 11.6 Å². The van der Waals surface area contributed by atoms with Crippen LogP contribution in [0.3, 0.4) is 0 Å². The van der Waals surface area contributed by atoms with Crippen LogP contribution in [-0.4, -0.2) is 16.5 Å². The average molecular weight is 447 g/mol. The van der Waals surface area contributed by atoms with E-state index < -0.39 is 4.92 Å². The largest absolute Gasteiger partial charge is 0.298 e. The van der Waals surface area contributed by atoms with Gasteiger partial charge in [0.1, 0.15) is 0 Å². The fraction of sp³-hybridized carbons (Fsp3) is 0.0714. The monoisotopic (exact) mass is 447 g/mol. The highest BCUT2D eigenvalue weighted by atomic mass is 16.6. The predicted octanol–water partition coefficient (Wildman–Crippen LogP) is 6.51. The number of carbonyl (C=O) groups excluding carboxylic acids is 1. The zero-order chi connectivity index (χ0) is 23.5. The zero-order valence-electron chi connectivity index (χ0n) is 18.2. The third-order valence-corrected chi connectivity index (χ3v) is 5.91. The Kier molecular flexibility index (Phi) is 5.70. The summed E-state index contributed by atoms with van der Waals surface area (Å²) in [6.07, 6.45) is 0.401. The second kappa shape index (κ2) is 9.11. The first-order chi connectivity index (χ1) is 16.6. The fourth-order valence-electron chi connectivity index (χ4n) is 4.29. The number of fused-ring (bicyclic) bond motifs is 1. The molecule has 0 aliphatic carbocycles. The number of nitrogens with zero attached hydrogens (tertiary/aromatic N) is 3. The lowest BCUT2D eigenvalue weighted by molar-refractivity contribution is -0.384. The van der Waals surface area contributed by atoms with Gasteiger partial charge < -0.3 is 0 Å². The average Bonchev–Trinajstić information content (AvgIpc) is 3.07. The molecule has 0 saturated heterocycles. The van der Waals surface area contributed by atoms with E-state index in [1.807, 2.05) is 78.9 Å². The van der Waals surface area contributed by atoms with Crippen LogP contribution in [0.5, 0.6) is 0 Å². The molecular weight excluding hydrogens is 426 g/mol. The van der Waals surface area contributed by atoms with Gasteiger partial charge in [-0.05, 0) is 29.8 Å². The molecule has 34 heavy (non-hydrogen) atoms. The summed E-state index contributed by atoms with van der Waals surface area (Å²) in [7, 11) is 0. The minimum absolute atomic E-state index is 0.00575. The molecular formula is C28H21N3O3. The molecule has 1 aliphatic rings. The van der Waals surface area contributed by atoms with Crippen molar-refractivity contribution in [1.82, 2.24) is 0 Å². The van der Waals surface area contributed by atoms with E-state index in [0.29, 0.717) is 34.6 Å². The van der Waals surface area contributed by atoms with Gasteiger partial charge in [-0.1, -0.05) is 72.8 Å². The van der Waals surface area contributed by atoms with Crippen LogP contribution in [0.15, 0.2) is 114 Å². The van der Waals surface area contributed by atoms with E-state index in [1.54, 1.807) is 23.1 Å². The van der Waals surface area contributed by atoms with Crippen LogP contribution in [0.2, 0.25) is 0 Å². The Bertz CT molecular complexity index is 1380. The molecule has 6 heteroatoms. The first-order valence-electron chi connectivity index (χ1n) is 11.0. The van der Waals surface area contributed by atoms with Crippen LogP contribution in [0.25, 0.3) is 0 Å². The molecule has 0 fully saturated rings. The van der Waals surface area contributed by atoms with Crippen molar-refractivity contribution in [3.8, 4) is 0 Å². The van der Waals surface area contributed by atoms with Crippen molar-refractivity contribution in [3.05, 3.63) is 136 Å². The number of rotatable bonds is 4. The maximum absolute atomic E-state index is 13.9. The summed E-state index contributed by atoms with van der Waals surface area (Å²) >= 11 is 0. The van der Waals surface area contributed by atoms with Crippen molar-refractivity contribution in [3.63, 3.8) is 0 Å². The maximum Gasteiger partial charge on any atom is 0.270 e. The molecule has 1 aliphatic heterocycles. The van der Waals surface area contributed by atoms with Crippen molar-refractivity contribution in [2.45, 2.75) is 12.5 Å². The molecule has 1 atom stereocenters. The molecule has 0 saturated carbocycles. The van der Waals surface area contributed by atoms with E-state index >= 15 is 0 Å². The summed E-state index contributed by atoms with van der Waals surface area (Å²) in [5.74, 6) is -0.127. The number of hydrogen-bond donors (Lipinski definition) is 0. The lowest BCUT2D eigenvalue weighted by Crippen LogP contribution is -2.35. The lowest BCUT2D eigenvalue weighted by atomic mass is 9.95. The van der Waals surface area contributed by atoms with Gasteiger partial charge in [-0.15, -0.1) is 0 Å². The van der Waals surface area contributed by atoms with Crippen LogP contribution in [-0.2, 0) is 0 Å². The minimum Gasteiger partial charge on any atom is -0.298 e. The van der Waals surface area contributed by atoms with Gasteiger partial charge in [0.05, 0.1) is 28.1 Å². The minimum atomic E-state index is -0.408. The Balaban J connectivity index is 1.70. The molecule has 0 N–H and O–H groups in total. The van der Waals surface area contributed by atoms with Crippen molar-refractivity contribution < 1.29 is 9.72 Å². The number of aliphatic imine (C=N–C) groups is 1. The number of carbonyl (C=O) groups is 1. The van der Waals surface area contributed by atoms with Gasteiger partial charge in [-0.25, -0.2) is 0 Å². The Morgan fingerprint density at radius 1 is 0.853 bits per heavy atom. The molecule has 0 bridgehead atoms. The smallest absolute Gasteiger partial charge is 0.270 e. The number of hydrogen-bond acceptors (Lipinski definition) is 4. The van der Waals surface area contributed by atoms with Gasteiger partial charge in [-0.3, -0.25) is 24.8 Å². The van der Waals surface area contributed by atoms with Crippen molar-refractivity contribution in [2.75, 3.05) is 4.90 Å². The summed E-state index contributed by atoms with van der Waals surface area (Å²) in [4.78, 5) is 31.6. The maximum atomic E-state index is 13.9. The van der Waals surface area contributed by atoms with Crippen molar-refractivity contribution >= 4 is 28.7 Å². The van der Waals surface area contributed by atoms with Gasteiger partial charge >= 0.3 is 0 Å². The molecule has 1 heterocycles. The van der Waals surface area contributed by atoms with E-state index in [2.05, 4.69) is 0 Å².